The molecule has 0 aliphatic rings. The van der Waals surface area contributed by atoms with Crippen molar-refractivity contribution in [2.75, 3.05) is 18.2 Å². The summed E-state index contributed by atoms with van der Waals surface area (Å²) < 4.78 is 6.58. The number of nitrogen functional groups attached to an aromatic ring is 1. The van der Waals surface area contributed by atoms with E-state index in [1.165, 1.54) is 11.0 Å². The van der Waals surface area contributed by atoms with Crippen LogP contribution in [-0.4, -0.2) is 27.8 Å². The molecule has 0 saturated heterocycles. The Balaban J connectivity index is 2.06. The van der Waals surface area contributed by atoms with Gasteiger partial charge in [0.05, 0.1) is 12.8 Å². The number of hydrogen-bond acceptors (Lipinski definition) is 5. The van der Waals surface area contributed by atoms with E-state index in [-0.39, 0.29) is 18.4 Å². The minimum atomic E-state index is -0.230. The van der Waals surface area contributed by atoms with Gasteiger partial charge in [0.15, 0.2) is 0 Å². The number of nitrogens with one attached hydrogen (secondary N) is 1. The molecule has 0 fully saturated rings. The third kappa shape index (κ3) is 3.21. The summed E-state index contributed by atoms with van der Waals surface area (Å²) in [6.07, 6.45) is 1.40. The third-order valence-corrected chi connectivity index (χ3v) is 2.49. The Kier molecular flexibility index (Phi) is 3.65. The van der Waals surface area contributed by atoms with Gasteiger partial charge in [0.25, 0.3) is 0 Å². The highest BCUT2D eigenvalue weighted by Gasteiger charge is 2.09. The van der Waals surface area contributed by atoms with Crippen LogP contribution in [0.4, 0.5) is 11.6 Å². The van der Waals surface area contributed by atoms with Gasteiger partial charge in [0.2, 0.25) is 11.9 Å². The third-order valence-electron chi connectivity index (χ3n) is 2.49. The van der Waals surface area contributed by atoms with Crippen LogP contribution in [0.3, 0.4) is 0 Å². The van der Waals surface area contributed by atoms with Crippen LogP contribution in [0.1, 0.15) is 5.56 Å². The number of nitrogens with two attached hydrogens (primary N) is 1. The van der Waals surface area contributed by atoms with Gasteiger partial charge < -0.3 is 15.8 Å². The summed E-state index contributed by atoms with van der Waals surface area (Å²) in [6, 6.07) is 5.54. The minimum absolute atomic E-state index is 0.0429. The molecule has 3 N–H and O–H groups in total. The molecule has 0 spiro atoms. The largest absolute Gasteiger partial charge is 0.495 e. The Labute approximate surface area is 110 Å². The molecule has 0 saturated carbocycles. The van der Waals surface area contributed by atoms with Crippen LogP contribution in [0.15, 0.2) is 24.5 Å². The maximum atomic E-state index is 11.8. The average molecular weight is 261 g/mol. The minimum Gasteiger partial charge on any atom is -0.495 e. The number of ether oxygens (including phenoxy) is 1. The van der Waals surface area contributed by atoms with E-state index in [0.29, 0.717) is 11.4 Å². The van der Waals surface area contributed by atoms with Crippen molar-refractivity contribution in [3.8, 4) is 5.75 Å². The number of aromatic nitrogens is 3. The maximum absolute atomic E-state index is 11.8. The van der Waals surface area contributed by atoms with Crippen molar-refractivity contribution in [2.24, 2.45) is 0 Å². The number of rotatable bonds is 4. The first-order valence-electron chi connectivity index (χ1n) is 5.68. The quantitative estimate of drug-likeness (QED) is 0.849. The first kappa shape index (κ1) is 12.9. The number of carbonyl (C=O) groups is 1. The van der Waals surface area contributed by atoms with Crippen molar-refractivity contribution in [1.82, 2.24) is 14.8 Å². The van der Waals surface area contributed by atoms with E-state index in [2.05, 4.69) is 15.4 Å². The molecule has 0 aliphatic heterocycles. The van der Waals surface area contributed by atoms with E-state index in [9.17, 15) is 4.79 Å². The molecule has 1 heterocycles. The maximum Gasteiger partial charge on any atom is 0.246 e. The molecular weight excluding hydrogens is 246 g/mol. The molecule has 0 radical (unpaired) electrons. The van der Waals surface area contributed by atoms with Crippen LogP contribution in [0, 0.1) is 6.92 Å². The smallest absolute Gasteiger partial charge is 0.246 e. The summed E-state index contributed by atoms with van der Waals surface area (Å²) in [7, 11) is 1.56. The summed E-state index contributed by atoms with van der Waals surface area (Å²) >= 11 is 0. The van der Waals surface area contributed by atoms with Crippen molar-refractivity contribution in [1.29, 1.82) is 0 Å². The van der Waals surface area contributed by atoms with Crippen LogP contribution < -0.4 is 15.8 Å². The Hall–Kier alpha value is -2.57. The second kappa shape index (κ2) is 5.38. The van der Waals surface area contributed by atoms with E-state index in [0.717, 1.165) is 5.56 Å². The Morgan fingerprint density at radius 3 is 2.95 bits per heavy atom. The van der Waals surface area contributed by atoms with Crippen LogP contribution in [-0.2, 0) is 11.3 Å². The van der Waals surface area contributed by atoms with Gasteiger partial charge in [0.1, 0.15) is 18.6 Å². The van der Waals surface area contributed by atoms with E-state index in [1.807, 2.05) is 19.1 Å². The highest BCUT2D eigenvalue weighted by molar-refractivity contribution is 5.92. The molecule has 0 unspecified atom stereocenters. The normalized spacial score (nSPS) is 10.2. The van der Waals surface area contributed by atoms with Crippen LogP contribution in [0.2, 0.25) is 0 Å². The van der Waals surface area contributed by atoms with Gasteiger partial charge in [-0.3, -0.25) is 4.79 Å². The van der Waals surface area contributed by atoms with Gasteiger partial charge in [-0.15, -0.1) is 5.10 Å². The van der Waals surface area contributed by atoms with Crippen molar-refractivity contribution in [2.45, 2.75) is 13.5 Å². The number of carbonyl (C=O) groups excluding carboxylic acids is 1. The van der Waals surface area contributed by atoms with Crippen LogP contribution in [0.5, 0.6) is 5.75 Å². The topological polar surface area (TPSA) is 95.1 Å². The average Bonchev–Trinajstić information content (AvgIpc) is 2.76. The van der Waals surface area contributed by atoms with Crippen molar-refractivity contribution in [3.05, 3.63) is 30.1 Å². The van der Waals surface area contributed by atoms with E-state index in [1.54, 1.807) is 13.2 Å². The number of benzene rings is 1. The van der Waals surface area contributed by atoms with Crippen LogP contribution >= 0.6 is 0 Å². The van der Waals surface area contributed by atoms with Crippen LogP contribution in [0.25, 0.3) is 0 Å². The summed E-state index contributed by atoms with van der Waals surface area (Å²) in [4.78, 5) is 15.6. The number of anilines is 2. The number of nitrogens with zero attached hydrogens (tertiary/aromatic N) is 3. The van der Waals surface area contributed by atoms with Gasteiger partial charge in [-0.25, -0.2) is 9.67 Å². The van der Waals surface area contributed by atoms with Gasteiger partial charge >= 0.3 is 0 Å². The van der Waals surface area contributed by atoms with Gasteiger partial charge in [0, 0.05) is 0 Å². The lowest BCUT2D eigenvalue weighted by Gasteiger charge is -2.10. The Morgan fingerprint density at radius 2 is 2.32 bits per heavy atom. The lowest BCUT2D eigenvalue weighted by Crippen LogP contribution is -2.19. The molecular formula is C12H15N5O2. The molecule has 2 rings (SSSR count). The zero-order valence-corrected chi connectivity index (χ0v) is 10.8. The van der Waals surface area contributed by atoms with E-state index < -0.39 is 0 Å². The number of amides is 1. The molecule has 100 valence electrons. The van der Waals surface area contributed by atoms with Gasteiger partial charge in [-0.2, -0.15) is 0 Å². The van der Waals surface area contributed by atoms with Crippen molar-refractivity contribution < 1.29 is 9.53 Å². The standard InChI is InChI=1S/C12H15N5O2/c1-8-3-4-9(10(5-8)19-2)15-11(18)6-17-7-14-12(13)16-17/h3-5,7H,6H2,1-2H3,(H2,13,16)(H,15,18). The monoisotopic (exact) mass is 261 g/mol. The highest BCUT2D eigenvalue weighted by Crippen LogP contribution is 2.25. The fourth-order valence-corrected chi connectivity index (χ4v) is 1.62. The van der Waals surface area contributed by atoms with Crippen molar-refractivity contribution >= 4 is 17.5 Å². The lowest BCUT2D eigenvalue weighted by atomic mass is 10.2. The molecule has 0 atom stereocenters. The fraction of sp³-hybridized carbons (Fsp3) is 0.250. The molecule has 7 heteroatoms. The summed E-state index contributed by atoms with van der Waals surface area (Å²) in [6.45, 7) is 1.99. The lowest BCUT2D eigenvalue weighted by molar-refractivity contribution is -0.116. The second-order valence-corrected chi connectivity index (χ2v) is 4.05. The zero-order valence-electron chi connectivity index (χ0n) is 10.8. The molecule has 1 aromatic carbocycles. The Morgan fingerprint density at radius 1 is 1.53 bits per heavy atom. The Bertz CT molecular complexity index is 594. The first-order chi connectivity index (χ1) is 9.08. The summed E-state index contributed by atoms with van der Waals surface area (Å²) in [5, 5.41) is 6.59. The molecule has 1 amide bonds. The van der Waals surface area contributed by atoms with Gasteiger partial charge in [-0.1, -0.05) is 6.07 Å². The molecule has 19 heavy (non-hydrogen) atoms. The second-order valence-electron chi connectivity index (χ2n) is 4.05. The van der Waals surface area contributed by atoms with E-state index >= 15 is 0 Å². The van der Waals surface area contributed by atoms with Crippen molar-refractivity contribution in [3.63, 3.8) is 0 Å². The van der Waals surface area contributed by atoms with E-state index in [4.69, 9.17) is 10.5 Å². The first-order valence-corrected chi connectivity index (χ1v) is 5.68. The molecule has 1 aromatic heterocycles. The molecule has 7 nitrogen and oxygen atoms in total. The predicted octanol–water partition coefficient (Wildman–Crippen LogP) is 0.816. The fourth-order valence-electron chi connectivity index (χ4n) is 1.62. The summed E-state index contributed by atoms with van der Waals surface area (Å²) in [5.41, 5.74) is 7.05. The SMILES string of the molecule is COc1cc(C)ccc1NC(=O)Cn1cnc(N)n1. The number of hydrogen-bond donors (Lipinski definition) is 2. The van der Waals surface area contributed by atoms with Gasteiger partial charge in [-0.05, 0) is 24.6 Å². The number of methoxy groups -OCH3 is 1. The molecule has 0 aliphatic carbocycles. The zero-order chi connectivity index (χ0) is 13.8. The predicted molar refractivity (Wildman–Crippen MR) is 70.8 cm³/mol. The molecule has 2 aromatic rings. The highest BCUT2D eigenvalue weighted by atomic mass is 16.5. The summed E-state index contributed by atoms with van der Waals surface area (Å²) in [5.74, 6) is 0.527. The molecule has 0 bridgehead atoms. The number of aryl methyl sites for hydroxylation is 1.